The summed E-state index contributed by atoms with van der Waals surface area (Å²) in [5, 5.41) is 0. The Hall–Kier alpha value is -0.0800. The zero-order valence-electron chi connectivity index (χ0n) is 15.7. The zero-order valence-corrected chi connectivity index (χ0v) is 15.7. The third-order valence-electron chi connectivity index (χ3n) is 6.26. The summed E-state index contributed by atoms with van der Waals surface area (Å²) in [5.41, 5.74) is 0. The summed E-state index contributed by atoms with van der Waals surface area (Å²) in [5.74, 6) is 3.04. The molecule has 0 saturated heterocycles. The highest BCUT2D eigenvalue weighted by atomic mass is 16.5. The van der Waals surface area contributed by atoms with Crippen molar-refractivity contribution in [1.29, 1.82) is 0 Å². The summed E-state index contributed by atoms with van der Waals surface area (Å²) in [7, 11) is 1.78. The largest absolute Gasteiger partial charge is 0.385 e. The molecule has 0 atom stereocenters. The Bertz CT molecular complexity index is 276. The standard InChI is InChI=1S/C21H40O2/c1-18-6-8-19(9-7-18)10-11-20-12-14-21(15-13-20)23-17-5-3-4-16-22-2/h18-21H,3-17H2,1-2H3. The smallest absolute Gasteiger partial charge is 0.0575 e. The Morgan fingerprint density at radius 1 is 0.696 bits per heavy atom. The van der Waals surface area contributed by atoms with Crippen molar-refractivity contribution in [1.82, 2.24) is 0 Å². The molecule has 0 aromatic heterocycles. The lowest BCUT2D eigenvalue weighted by Gasteiger charge is -2.31. The van der Waals surface area contributed by atoms with Crippen molar-refractivity contribution in [3.63, 3.8) is 0 Å². The Labute approximate surface area is 144 Å². The van der Waals surface area contributed by atoms with E-state index in [9.17, 15) is 0 Å². The van der Waals surface area contributed by atoms with Gasteiger partial charge in [0.2, 0.25) is 0 Å². The zero-order chi connectivity index (χ0) is 16.3. The maximum absolute atomic E-state index is 6.08. The summed E-state index contributed by atoms with van der Waals surface area (Å²) < 4.78 is 11.2. The van der Waals surface area contributed by atoms with Crippen molar-refractivity contribution in [2.75, 3.05) is 20.3 Å². The predicted molar refractivity (Wildman–Crippen MR) is 97.8 cm³/mol. The van der Waals surface area contributed by atoms with Crippen LogP contribution in [0.2, 0.25) is 0 Å². The van der Waals surface area contributed by atoms with Crippen LogP contribution >= 0.6 is 0 Å². The van der Waals surface area contributed by atoms with E-state index in [2.05, 4.69) is 6.92 Å². The minimum atomic E-state index is 0.559. The van der Waals surface area contributed by atoms with E-state index in [-0.39, 0.29) is 0 Å². The van der Waals surface area contributed by atoms with Crippen molar-refractivity contribution >= 4 is 0 Å². The van der Waals surface area contributed by atoms with Crippen LogP contribution in [0.3, 0.4) is 0 Å². The number of hydrogen-bond acceptors (Lipinski definition) is 2. The Morgan fingerprint density at radius 3 is 1.87 bits per heavy atom. The van der Waals surface area contributed by atoms with Crippen LogP contribution in [0.25, 0.3) is 0 Å². The first kappa shape index (κ1) is 19.2. The number of ether oxygens (including phenoxy) is 2. The van der Waals surface area contributed by atoms with Gasteiger partial charge in [0.25, 0.3) is 0 Å². The van der Waals surface area contributed by atoms with E-state index in [1.807, 2.05) is 0 Å². The van der Waals surface area contributed by atoms with Crippen LogP contribution in [0, 0.1) is 17.8 Å². The highest BCUT2D eigenvalue weighted by Gasteiger charge is 2.23. The molecular formula is C21H40O2. The average Bonchev–Trinajstić information content (AvgIpc) is 2.58. The average molecular weight is 325 g/mol. The summed E-state index contributed by atoms with van der Waals surface area (Å²) in [4.78, 5) is 0. The minimum absolute atomic E-state index is 0.559. The van der Waals surface area contributed by atoms with Crippen LogP contribution in [0.1, 0.15) is 90.4 Å². The van der Waals surface area contributed by atoms with E-state index < -0.39 is 0 Å². The van der Waals surface area contributed by atoms with Crippen molar-refractivity contribution in [2.24, 2.45) is 17.8 Å². The lowest BCUT2D eigenvalue weighted by Crippen LogP contribution is -2.23. The molecule has 0 N–H and O–H groups in total. The molecule has 0 bridgehead atoms. The fraction of sp³-hybridized carbons (Fsp3) is 1.00. The van der Waals surface area contributed by atoms with Gasteiger partial charge in [0.05, 0.1) is 6.10 Å². The van der Waals surface area contributed by atoms with Crippen LogP contribution in [-0.2, 0) is 9.47 Å². The van der Waals surface area contributed by atoms with Gasteiger partial charge in [0.15, 0.2) is 0 Å². The number of hydrogen-bond donors (Lipinski definition) is 0. The summed E-state index contributed by atoms with van der Waals surface area (Å²) in [6, 6.07) is 0. The molecule has 136 valence electrons. The van der Waals surface area contributed by atoms with E-state index in [4.69, 9.17) is 9.47 Å². The van der Waals surface area contributed by atoms with Gasteiger partial charge in [0, 0.05) is 20.3 Å². The third-order valence-corrected chi connectivity index (χ3v) is 6.26. The van der Waals surface area contributed by atoms with Crippen molar-refractivity contribution in [3.05, 3.63) is 0 Å². The highest BCUT2D eigenvalue weighted by Crippen LogP contribution is 2.35. The summed E-state index contributed by atoms with van der Waals surface area (Å²) >= 11 is 0. The molecule has 23 heavy (non-hydrogen) atoms. The van der Waals surface area contributed by atoms with E-state index in [1.165, 1.54) is 83.5 Å². The molecule has 2 aliphatic carbocycles. The van der Waals surface area contributed by atoms with Gasteiger partial charge in [-0.05, 0) is 62.7 Å². The number of rotatable bonds is 10. The number of methoxy groups -OCH3 is 1. The summed E-state index contributed by atoms with van der Waals surface area (Å²) in [6.45, 7) is 4.28. The lowest BCUT2D eigenvalue weighted by atomic mass is 9.77. The molecule has 0 aromatic carbocycles. The molecule has 2 saturated carbocycles. The second-order valence-electron chi connectivity index (χ2n) is 8.27. The SMILES string of the molecule is COCCCCCOC1CCC(CCC2CCC(C)CC2)CC1. The van der Waals surface area contributed by atoms with Crippen LogP contribution in [0.15, 0.2) is 0 Å². The van der Waals surface area contributed by atoms with Crippen LogP contribution in [0.4, 0.5) is 0 Å². The monoisotopic (exact) mass is 324 g/mol. The van der Waals surface area contributed by atoms with E-state index in [0.717, 1.165) is 31.0 Å². The molecule has 0 heterocycles. The first-order valence-corrected chi connectivity index (χ1v) is 10.4. The van der Waals surface area contributed by atoms with Crippen molar-refractivity contribution in [3.8, 4) is 0 Å². The fourth-order valence-corrected chi connectivity index (χ4v) is 4.45. The van der Waals surface area contributed by atoms with Crippen molar-refractivity contribution < 1.29 is 9.47 Å². The van der Waals surface area contributed by atoms with Gasteiger partial charge in [-0.2, -0.15) is 0 Å². The molecule has 0 amide bonds. The van der Waals surface area contributed by atoms with Gasteiger partial charge in [0.1, 0.15) is 0 Å². The first-order valence-electron chi connectivity index (χ1n) is 10.4. The highest BCUT2D eigenvalue weighted by molar-refractivity contribution is 4.76. The van der Waals surface area contributed by atoms with Gasteiger partial charge in [-0.3, -0.25) is 0 Å². The van der Waals surface area contributed by atoms with Crippen LogP contribution in [-0.4, -0.2) is 26.4 Å². The Balaban J connectivity index is 1.46. The van der Waals surface area contributed by atoms with Gasteiger partial charge in [-0.1, -0.05) is 45.4 Å². The molecule has 2 heteroatoms. The van der Waals surface area contributed by atoms with Gasteiger partial charge < -0.3 is 9.47 Å². The Morgan fingerprint density at radius 2 is 1.26 bits per heavy atom. The molecular weight excluding hydrogens is 284 g/mol. The summed E-state index contributed by atoms with van der Waals surface area (Å²) in [6.07, 6.45) is 18.6. The lowest BCUT2D eigenvalue weighted by molar-refractivity contribution is 0.0140. The maximum atomic E-state index is 6.08. The topological polar surface area (TPSA) is 18.5 Å². The molecule has 0 radical (unpaired) electrons. The fourth-order valence-electron chi connectivity index (χ4n) is 4.45. The molecule has 2 aliphatic rings. The Kier molecular flexibility index (Phi) is 9.60. The van der Waals surface area contributed by atoms with Gasteiger partial charge in [-0.15, -0.1) is 0 Å². The molecule has 2 fully saturated rings. The van der Waals surface area contributed by atoms with E-state index in [0.29, 0.717) is 6.10 Å². The second kappa shape index (κ2) is 11.5. The van der Waals surface area contributed by atoms with Crippen LogP contribution < -0.4 is 0 Å². The van der Waals surface area contributed by atoms with E-state index in [1.54, 1.807) is 7.11 Å². The van der Waals surface area contributed by atoms with Crippen molar-refractivity contribution in [2.45, 2.75) is 96.5 Å². The maximum Gasteiger partial charge on any atom is 0.0575 e. The van der Waals surface area contributed by atoms with E-state index >= 15 is 0 Å². The van der Waals surface area contributed by atoms with Gasteiger partial charge >= 0.3 is 0 Å². The second-order valence-corrected chi connectivity index (χ2v) is 8.27. The molecule has 0 spiro atoms. The molecule has 0 unspecified atom stereocenters. The molecule has 2 rings (SSSR count). The molecule has 0 aliphatic heterocycles. The quantitative estimate of drug-likeness (QED) is 0.460. The van der Waals surface area contributed by atoms with Crippen LogP contribution in [0.5, 0.6) is 0 Å². The van der Waals surface area contributed by atoms with Gasteiger partial charge in [-0.25, -0.2) is 0 Å². The normalized spacial score (nSPS) is 32.1. The predicted octanol–water partition coefficient (Wildman–Crippen LogP) is 5.99. The molecule has 2 nitrogen and oxygen atoms in total. The first-order chi connectivity index (χ1) is 11.3. The minimum Gasteiger partial charge on any atom is -0.385 e. The molecule has 0 aromatic rings. The third kappa shape index (κ3) is 8.03. The number of unbranched alkanes of at least 4 members (excludes halogenated alkanes) is 2.